The molecule has 0 aliphatic heterocycles. The van der Waals surface area contributed by atoms with Gasteiger partial charge in [0.1, 0.15) is 0 Å². The molecular formula is C12H17N3O5. The first kappa shape index (κ1) is 15.8. The number of nitrogens with zero attached hydrogens (tertiary/aromatic N) is 3. The fourth-order valence-corrected chi connectivity index (χ4v) is 1.74. The molecule has 1 aromatic heterocycles. The molecule has 0 fully saturated rings. The van der Waals surface area contributed by atoms with Gasteiger partial charge in [-0.15, -0.1) is 0 Å². The normalized spacial score (nSPS) is 11.2. The summed E-state index contributed by atoms with van der Waals surface area (Å²) < 4.78 is 0. The number of aromatic carboxylic acids is 1. The van der Waals surface area contributed by atoms with E-state index < -0.39 is 22.2 Å². The molecule has 0 aliphatic rings. The Morgan fingerprint density at radius 1 is 1.55 bits per heavy atom. The fourth-order valence-electron chi connectivity index (χ4n) is 1.74. The molecule has 0 saturated carbocycles. The van der Waals surface area contributed by atoms with Gasteiger partial charge >= 0.3 is 11.7 Å². The predicted molar refractivity (Wildman–Crippen MR) is 72.0 cm³/mol. The summed E-state index contributed by atoms with van der Waals surface area (Å²) >= 11 is 0. The number of likely N-dealkylation sites (N-methyl/N-ethyl adjacent to an activating group) is 1. The van der Waals surface area contributed by atoms with Crippen molar-refractivity contribution in [3.05, 3.63) is 27.9 Å². The molecule has 0 aliphatic carbocycles. The van der Waals surface area contributed by atoms with Crippen LogP contribution in [0.5, 0.6) is 0 Å². The van der Waals surface area contributed by atoms with Crippen LogP contribution in [-0.2, 0) is 0 Å². The van der Waals surface area contributed by atoms with Gasteiger partial charge in [-0.05, 0) is 20.8 Å². The maximum Gasteiger partial charge on any atom is 0.337 e. The molecule has 0 spiro atoms. The molecule has 0 atom stereocenters. The highest BCUT2D eigenvalue weighted by Gasteiger charge is 2.26. The molecule has 1 rings (SSSR count). The van der Waals surface area contributed by atoms with Crippen LogP contribution in [0, 0.1) is 10.1 Å². The Balaban J connectivity index is 3.28. The number of hydrogen-bond donors (Lipinski definition) is 2. The van der Waals surface area contributed by atoms with Gasteiger partial charge in [0.15, 0.2) is 0 Å². The van der Waals surface area contributed by atoms with Crippen molar-refractivity contribution in [1.82, 2.24) is 4.98 Å². The monoisotopic (exact) mass is 283 g/mol. The molecule has 1 aromatic rings. The number of aliphatic hydroxyl groups is 1. The Morgan fingerprint density at radius 2 is 2.15 bits per heavy atom. The Morgan fingerprint density at radius 3 is 2.55 bits per heavy atom. The minimum Gasteiger partial charge on any atom is -0.478 e. The van der Waals surface area contributed by atoms with Crippen molar-refractivity contribution in [3.63, 3.8) is 0 Å². The predicted octanol–water partition coefficient (Wildman–Crippen LogP) is 1.29. The SMILES string of the molecule is CCN(CC(C)(C)O)c1ncc(C(=O)O)cc1[N+](=O)[O-]. The third kappa shape index (κ3) is 3.89. The lowest BCUT2D eigenvalue weighted by molar-refractivity contribution is -0.384. The summed E-state index contributed by atoms with van der Waals surface area (Å²) in [5.74, 6) is -1.23. The number of carboxylic acid groups (broad SMARTS) is 1. The number of anilines is 1. The maximum atomic E-state index is 11.1. The lowest BCUT2D eigenvalue weighted by Crippen LogP contribution is -2.39. The highest BCUT2D eigenvalue weighted by atomic mass is 16.6. The van der Waals surface area contributed by atoms with E-state index in [-0.39, 0.29) is 17.9 Å². The topological polar surface area (TPSA) is 117 Å². The van der Waals surface area contributed by atoms with Gasteiger partial charge < -0.3 is 15.1 Å². The van der Waals surface area contributed by atoms with Gasteiger partial charge in [0, 0.05) is 25.4 Å². The molecule has 0 amide bonds. The van der Waals surface area contributed by atoms with Crippen LogP contribution < -0.4 is 4.90 Å². The molecule has 0 unspecified atom stereocenters. The van der Waals surface area contributed by atoms with Crippen LogP contribution >= 0.6 is 0 Å². The van der Waals surface area contributed by atoms with Gasteiger partial charge in [-0.3, -0.25) is 10.1 Å². The van der Waals surface area contributed by atoms with Crippen LogP contribution in [0.1, 0.15) is 31.1 Å². The second-order valence-electron chi connectivity index (χ2n) is 4.96. The molecule has 1 heterocycles. The molecule has 0 radical (unpaired) electrons. The molecule has 20 heavy (non-hydrogen) atoms. The van der Waals surface area contributed by atoms with E-state index in [4.69, 9.17) is 5.11 Å². The Labute approximate surface area is 115 Å². The second-order valence-corrected chi connectivity index (χ2v) is 4.96. The van der Waals surface area contributed by atoms with E-state index in [2.05, 4.69) is 4.98 Å². The quantitative estimate of drug-likeness (QED) is 0.596. The summed E-state index contributed by atoms with van der Waals surface area (Å²) in [7, 11) is 0. The van der Waals surface area contributed by atoms with Gasteiger partial charge in [0.25, 0.3) is 0 Å². The summed E-state index contributed by atoms with van der Waals surface area (Å²) in [5.41, 5.74) is -1.70. The van der Waals surface area contributed by atoms with Crippen LogP contribution in [0.3, 0.4) is 0 Å². The zero-order valence-electron chi connectivity index (χ0n) is 11.5. The van der Waals surface area contributed by atoms with Crippen molar-refractivity contribution in [2.24, 2.45) is 0 Å². The number of aromatic nitrogens is 1. The first-order valence-electron chi connectivity index (χ1n) is 6.00. The van der Waals surface area contributed by atoms with Crippen molar-refractivity contribution < 1.29 is 19.9 Å². The average Bonchev–Trinajstić information content (AvgIpc) is 2.34. The van der Waals surface area contributed by atoms with Gasteiger partial charge in [0.05, 0.1) is 16.1 Å². The summed E-state index contributed by atoms with van der Waals surface area (Å²) in [4.78, 5) is 26.6. The van der Waals surface area contributed by atoms with Crippen molar-refractivity contribution in [1.29, 1.82) is 0 Å². The summed E-state index contributed by atoms with van der Waals surface area (Å²) in [6.07, 6.45) is 1.07. The molecule has 8 nitrogen and oxygen atoms in total. The van der Waals surface area contributed by atoms with Gasteiger partial charge in [-0.2, -0.15) is 0 Å². The van der Waals surface area contributed by atoms with Crippen molar-refractivity contribution >= 4 is 17.5 Å². The second kappa shape index (κ2) is 5.83. The van der Waals surface area contributed by atoms with Gasteiger partial charge in [0.2, 0.25) is 5.82 Å². The third-order valence-electron chi connectivity index (χ3n) is 2.55. The maximum absolute atomic E-state index is 11.1. The molecule has 2 N–H and O–H groups in total. The molecule has 0 bridgehead atoms. The molecule has 110 valence electrons. The zero-order valence-corrected chi connectivity index (χ0v) is 11.5. The summed E-state index contributed by atoms with van der Waals surface area (Å²) in [6, 6.07) is 0.970. The van der Waals surface area contributed by atoms with Gasteiger partial charge in [-0.1, -0.05) is 0 Å². The molecule has 8 heteroatoms. The Hall–Kier alpha value is -2.22. The van der Waals surface area contributed by atoms with E-state index in [1.54, 1.807) is 20.8 Å². The Kier molecular flexibility index (Phi) is 4.61. The van der Waals surface area contributed by atoms with E-state index in [1.165, 1.54) is 4.90 Å². The summed E-state index contributed by atoms with van der Waals surface area (Å²) in [6.45, 7) is 5.45. The first-order chi connectivity index (χ1) is 9.15. The van der Waals surface area contributed by atoms with Crippen molar-refractivity contribution in [2.75, 3.05) is 18.0 Å². The van der Waals surface area contributed by atoms with E-state index >= 15 is 0 Å². The Bertz CT molecular complexity index is 524. The van der Waals surface area contributed by atoms with Crippen LogP contribution in [0.4, 0.5) is 11.5 Å². The lowest BCUT2D eigenvalue weighted by atomic mass is 10.1. The van der Waals surface area contributed by atoms with Crippen LogP contribution in [0.15, 0.2) is 12.3 Å². The van der Waals surface area contributed by atoms with Crippen LogP contribution in [-0.4, -0.2) is 44.8 Å². The van der Waals surface area contributed by atoms with E-state index in [0.29, 0.717) is 6.54 Å². The highest BCUT2D eigenvalue weighted by Crippen LogP contribution is 2.27. The number of carbonyl (C=O) groups is 1. The smallest absolute Gasteiger partial charge is 0.337 e. The highest BCUT2D eigenvalue weighted by molar-refractivity contribution is 5.88. The minimum atomic E-state index is -1.28. The van der Waals surface area contributed by atoms with E-state index in [0.717, 1.165) is 12.3 Å². The molecule has 0 aromatic carbocycles. The standard InChI is InChI=1S/C12H17N3O5/c1-4-14(7-12(2,3)18)10-9(15(19)20)5-8(6-13-10)11(16)17/h5-6,18H,4,7H2,1-3H3,(H,16,17). The third-order valence-corrected chi connectivity index (χ3v) is 2.55. The number of carboxylic acids is 1. The van der Waals surface area contributed by atoms with E-state index in [9.17, 15) is 20.0 Å². The van der Waals surface area contributed by atoms with Crippen LogP contribution in [0.2, 0.25) is 0 Å². The number of nitro groups is 1. The number of hydrogen-bond acceptors (Lipinski definition) is 6. The first-order valence-corrected chi connectivity index (χ1v) is 6.00. The molecular weight excluding hydrogens is 266 g/mol. The zero-order chi connectivity index (χ0) is 15.5. The van der Waals surface area contributed by atoms with E-state index in [1.807, 2.05) is 0 Å². The van der Waals surface area contributed by atoms with Crippen molar-refractivity contribution in [2.45, 2.75) is 26.4 Å². The fraction of sp³-hybridized carbons (Fsp3) is 0.500. The summed E-state index contributed by atoms with van der Waals surface area (Å²) in [5, 5.41) is 29.7. The lowest BCUT2D eigenvalue weighted by Gasteiger charge is -2.28. The number of rotatable bonds is 6. The molecule has 0 saturated heterocycles. The van der Waals surface area contributed by atoms with Crippen molar-refractivity contribution in [3.8, 4) is 0 Å². The van der Waals surface area contributed by atoms with Crippen LogP contribution in [0.25, 0.3) is 0 Å². The van der Waals surface area contributed by atoms with Gasteiger partial charge in [-0.25, -0.2) is 9.78 Å². The number of pyridine rings is 1. The largest absolute Gasteiger partial charge is 0.478 e. The minimum absolute atomic E-state index is 0.0459. The average molecular weight is 283 g/mol.